The molecule has 3 aromatic carbocycles. The number of Topliss-reactive ketones (excluding diaryl/α,β-unsaturated/α-hetero) is 2. The van der Waals surface area contributed by atoms with Gasteiger partial charge in [-0.1, -0.05) is 74.6 Å². The molecule has 4 aromatic rings. The Balaban J connectivity index is 0.000000886. The maximum absolute atomic E-state index is 13.7. The summed E-state index contributed by atoms with van der Waals surface area (Å²) in [5, 5.41) is 9.92. The third-order valence-electron chi connectivity index (χ3n) is 7.60. The van der Waals surface area contributed by atoms with Crippen molar-refractivity contribution in [3.05, 3.63) is 123 Å². The van der Waals surface area contributed by atoms with E-state index in [1.54, 1.807) is 36.8 Å². The van der Waals surface area contributed by atoms with Crippen molar-refractivity contribution in [2.24, 2.45) is 5.73 Å². The van der Waals surface area contributed by atoms with Crippen LogP contribution in [0.15, 0.2) is 71.5 Å². The average Bonchev–Trinajstić information content (AvgIpc) is 3.05. The van der Waals surface area contributed by atoms with Crippen LogP contribution in [0, 0.1) is 40.2 Å². The fraction of sp³-hybridized carbons (Fsp3) is 0.152. The van der Waals surface area contributed by atoms with Crippen molar-refractivity contribution in [1.82, 2.24) is 15.0 Å². The second-order valence-corrected chi connectivity index (χ2v) is 12.0. The molecule has 20 heteroatoms. The number of ketones is 2. The zero-order valence-electron chi connectivity index (χ0n) is 29.2. The standard InChI is InChI=1S/C33H28ClN7O2.2Na.2O3S/c1-16-9-5-8-12-23(16)37-32-39-31(34)40-33(41-32)38-28-18(3)15-17(2)27(19(28)4)36-24-14-13-22(35)25-26(24)30(43)21-11-7-6-10-20(21)29(25)42;;;2*1-4(2)3/h5-14,22,36H,35H2,1-4H3,(H2,37,38,39,40,41);;;;/q-2;2*+1;;. The number of halogens is 1. The van der Waals surface area contributed by atoms with Crippen molar-refractivity contribution in [1.29, 1.82) is 0 Å². The Morgan fingerprint density at radius 3 is 1.79 bits per heavy atom. The number of nitrogens with zero attached hydrogens (tertiary/aromatic N) is 3. The quantitative estimate of drug-likeness (QED) is 0.125. The molecule has 264 valence electrons. The number of carbonyl (C=O) groups is 2. The van der Waals surface area contributed by atoms with Gasteiger partial charge in [-0.25, -0.2) is 12.5 Å². The van der Waals surface area contributed by atoms with Crippen molar-refractivity contribution < 1.29 is 94.0 Å². The molecule has 1 atom stereocenters. The summed E-state index contributed by atoms with van der Waals surface area (Å²) in [5.74, 6) is 0.0533. The van der Waals surface area contributed by atoms with E-state index < -0.39 is 27.3 Å². The van der Waals surface area contributed by atoms with Crippen molar-refractivity contribution in [2.75, 3.05) is 16.0 Å². The number of benzene rings is 3. The van der Waals surface area contributed by atoms with Gasteiger partial charge in [-0.05, 0) is 47.3 Å². The van der Waals surface area contributed by atoms with Crippen LogP contribution in [0.25, 0.3) is 0 Å². The zero-order valence-corrected chi connectivity index (χ0v) is 35.6. The van der Waals surface area contributed by atoms with Crippen molar-refractivity contribution in [2.45, 2.75) is 33.7 Å². The SMILES string of the molecule is Cc1[c-]c(C)c(Nc2nc(Cl)nc(Nc3ccccc3C)n2)c(C)c1NC1=C[CH-]C(N)C2=C1C(=O)c1ccccc1C2=O.O=S(=O)=O.O=S(=O)=O.[Na+].[Na+]. The molecule has 1 aromatic heterocycles. The minimum absolute atomic E-state index is 0. The summed E-state index contributed by atoms with van der Waals surface area (Å²) in [6.45, 7) is 7.77. The first kappa shape index (κ1) is 45.4. The summed E-state index contributed by atoms with van der Waals surface area (Å²) in [5.41, 5.74) is 13.9. The number of aromatic nitrogens is 3. The second-order valence-electron chi connectivity index (χ2n) is 10.9. The van der Waals surface area contributed by atoms with Gasteiger partial charge >= 0.3 is 80.3 Å². The van der Waals surface area contributed by atoms with Crippen molar-refractivity contribution in [3.8, 4) is 0 Å². The maximum Gasteiger partial charge on any atom is 1.00 e. The van der Waals surface area contributed by atoms with Crippen LogP contribution in [0.5, 0.6) is 0 Å². The van der Waals surface area contributed by atoms with Crippen LogP contribution in [0.1, 0.15) is 43.0 Å². The number of para-hydroxylation sites is 1. The number of aryl methyl sites for hydroxylation is 3. The molecule has 0 bridgehead atoms. The van der Waals surface area contributed by atoms with Gasteiger partial charge in [-0.15, -0.1) is 47.6 Å². The summed E-state index contributed by atoms with van der Waals surface area (Å²) in [6.07, 6.45) is 3.47. The molecule has 1 unspecified atom stereocenters. The van der Waals surface area contributed by atoms with Gasteiger partial charge in [0.25, 0.3) is 0 Å². The van der Waals surface area contributed by atoms with Crippen LogP contribution in [-0.4, -0.2) is 57.8 Å². The van der Waals surface area contributed by atoms with E-state index in [0.717, 1.165) is 27.9 Å². The Labute approximate surface area is 357 Å². The first-order valence-electron chi connectivity index (χ1n) is 14.7. The minimum atomic E-state index is -3.11. The third-order valence-corrected chi connectivity index (χ3v) is 7.77. The van der Waals surface area contributed by atoms with Gasteiger partial charge in [-0.3, -0.25) is 9.59 Å². The molecule has 53 heavy (non-hydrogen) atoms. The number of hydrogen-bond donors (Lipinski definition) is 4. The molecule has 0 fully saturated rings. The molecule has 0 saturated heterocycles. The van der Waals surface area contributed by atoms with Crippen LogP contribution in [0.4, 0.5) is 29.0 Å². The third kappa shape index (κ3) is 11.4. The fourth-order valence-electron chi connectivity index (χ4n) is 5.47. The molecule has 0 saturated carbocycles. The molecule has 0 radical (unpaired) electrons. The monoisotopic (exact) mass is 795 g/mol. The average molecular weight is 796 g/mol. The van der Waals surface area contributed by atoms with Gasteiger partial charge in [0, 0.05) is 16.8 Å². The summed E-state index contributed by atoms with van der Waals surface area (Å²) in [7, 11) is -6.22. The molecular weight excluding hydrogens is 768 g/mol. The zero-order chi connectivity index (χ0) is 37.6. The Kier molecular flexibility index (Phi) is 17.2. The molecule has 5 N–H and O–H groups in total. The van der Waals surface area contributed by atoms with Gasteiger partial charge in [0.15, 0.2) is 11.6 Å². The van der Waals surface area contributed by atoms with Gasteiger partial charge in [0.2, 0.25) is 17.2 Å². The van der Waals surface area contributed by atoms with Crippen LogP contribution < -0.4 is 80.8 Å². The summed E-state index contributed by atoms with van der Waals surface area (Å²) >= 11 is 6.28. The number of nitrogens with one attached hydrogen (secondary N) is 3. The molecular formula is C33H28ClN7Na2O8S2. The maximum atomic E-state index is 13.7. The molecule has 6 rings (SSSR count). The fourth-order valence-corrected chi connectivity index (χ4v) is 5.63. The summed E-state index contributed by atoms with van der Waals surface area (Å²) in [6, 6.07) is 17.3. The smallest absolute Gasteiger partial charge is 0.487 e. The minimum Gasteiger partial charge on any atom is -0.487 e. The number of allylic oxidation sites excluding steroid dienone is 1. The van der Waals surface area contributed by atoms with Crippen LogP contribution in [-0.2, 0) is 21.2 Å². The normalized spacial score (nSPS) is 13.7. The predicted octanol–water partition coefficient (Wildman–Crippen LogP) is -1.74. The van der Waals surface area contributed by atoms with E-state index in [9.17, 15) is 9.59 Å². The van der Waals surface area contributed by atoms with E-state index in [0.29, 0.717) is 34.1 Å². The number of anilines is 5. The van der Waals surface area contributed by atoms with Gasteiger partial charge in [0.1, 0.15) is 0 Å². The molecule has 0 spiro atoms. The predicted molar refractivity (Wildman–Crippen MR) is 188 cm³/mol. The molecule has 1 heterocycles. The second kappa shape index (κ2) is 20.1. The van der Waals surface area contributed by atoms with Crippen LogP contribution in [0.3, 0.4) is 0 Å². The Hall–Kier alpha value is -3.75. The van der Waals surface area contributed by atoms with E-state index in [1.165, 1.54) is 0 Å². The topological polar surface area (TPSA) is 237 Å². The van der Waals surface area contributed by atoms with Crippen LogP contribution in [0.2, 0.25) is 5.28 Å². The van der Waals surface area contributed by atoms with Gasteiger partial charge < -0.3 is 21.7 Å². The Morgan fingerprint density at radius 1 is 0.736 bits per heavy atom. The summed E-state index contributed by atoms with van der Waals surface area (Å²) in [4.78, 5) is 40.1. The number of rotatable bonds is 6. The molecule has 0 amide bonds. The van der Waals surface area contributed by atoms with E-state index in [-0.39, 0.29) is 93.1 Å². The molecule has 2 aliphatic rings. The largest absolute Gasteiger partial charge is 1.00 e. The summed E-state index contributed by atoms with van der Waals surface area (Å²) < 4.78 is 50.7. The molecule has 15 nitrogen and oxygen atoms in total. The van der Waals surface area contributed by atoms with E-state index in [4.69, 9.17) is 42.6 Å². The number of carbonyl (C=O) groups excluding carboxylic acids is 2. The Bertz CT molecular complexity index is 2340. The van der Waals surface area contributed by atoms with Gasteiger partial charge in [-0.2, -0.15) is 21.0 Å². The van der Waals surface area contributed by atoms with E-state index in [1.807, 2.05) is 52.0 Å². The van der Waals surface area contributed by atoms with Crippen molar-refractivity contribution >= 4 is 73.3 Å². The molecule has 2 aliphatic carbocycles. The van der Waals surface area contributed by atoms with Crippen LogP contribution >= 0.6 is 11.6 Å². The number of fused-ring (bicyclic) bond motifs is 1. The number of nitrogens with two attached hydrogens (primary N) is 1. The van der Waals surface area contributed by atoms with E-state index >= 15 is 0 Å². The van der Waals surface area contributed by atoms with Crippen molar-refractivity contribution in [3.63, 3.8) is 0 Å². The molecule has 0 aliphatic heterocycles. The first-order valence-corrected chi connectivity index (χ1v) is 17.0. The Morgan fingerprint density at radius 2 is 1.23 bits per heavy atom. The van der Waals surface area contributed by atoms with E-state index in [2.05, 4.69) is 37.0 Å². The number of hydrogen-bond acceptors (Lipinski definition) is 15. The first-order chi connectivity index (χ1) is 24.1. The van der Waals surface area contributed by atoms with Gasteiger partial charge in [0.05, 0.1) is 0 Å².